The Morgan fingerprint density at radius 3 is 2.85 bits per heavy atom. The van der Waals surface area contributed by atoms with Crippen LogP contribution in [0.5, 0.6) is 0 Å². The van der Waals surface area contributed by atoms with Crippen LogP contribution >= 0.6 is 39.9 Å². The number of benzene rings is 1. The third-order valence-electron chi connectivity index (χ3n) is 2.48. The second-order valence-corrected chi connectivity index (χ2v) is 5.12. The summed E-state index contributed by atoms with van der Waals surface area (Å²) in [7, 11) is 1.64. The van der Waals surface area contributed by atoms with Gasteiger partial charge in [0.1, 0.15) is 5.82 Å². The van der Waals surface area contributed by atoms with Crippen molar-refractivity contribution in [2.45, 2.75) is 19.4 Å². The van der Waals surface area contributed by atoms with Gasteiger partial charge in [-0.15, -0.1) is 24.0 Å². The van der Waals surface area contributed by atoms with Gasteiger partial charge in [-0.2, -0.15) is 0 Å². The van der Waals surface area contributed by atoms with E-state index >= 15 is 0 Å². The van der Waals surface area contributed by atoms with Crippen molar-refractivity contribution in [3.63, 3.8) is 0 Å². The van der Waals surface area contributed by atoms with Gasteiger partial charge in [-0.1, -0.05) is 6.07 Å². The summed E-state index contributed by atoms with van der Waals surface area (Å²) in [5.74, 6) is 0.132. The van der Waals surface area contributed by atoms with E-state index in [0.29, 0.717) is 30.0 Å². The highest BCUT2D eigenvalue weighted by Gasteiger charge is 2.02. The average Bonchev–Trinajstić information content (AvgIpc) is 2.34. The van der Waals surface area contributed by atoms with Crippen LogP contribution in [-0.4, -0.2) is 32.3 Å². The number of methoxy groups -OCH3 is 1. The summed E-state index contributed by atoms with van der Waals surface area (Å²) < 4.78 is 18.5. The maximum Gasteiger partial charge on any atom is 0.188 e. The number of aliphatic imine (C=N–C) groups is 1. The van der Waals surface area contributed by atoms with Crippen LogP contribution in [0.15, 0.2) is 27.7 Å². The lowest BCUT2D eigenvalue weighted by atomic mass is 10.1. The second-order valence-electron chi connectivity index (χ2n) is 4.27. The minimum atomic E-state index is -0.262. The summed E-state index contributed by atoms with van der Waals surface area (Å²) in [6.45, 7) is 3.08. The number of hydrogen-bond acceptors (Lipinski definition) is 2. The molecule has 0 saturated carbocycles. The molecular formula is C13H20BrFIN3O. The first-order chi connectivity index (χ1) is 9.02. The molecule has 0 saturated heterocycles. The Balaban J connectivity index is 0.00000361. The van der Waals surface area contributed by atoms with Crippen molar-refractivity contribution in [2.75, 3.05) is 20.3 Å². The van der Waals surface area contributed by atoms with Gasteiger partial charge in [0.05, 0.1) is 11.1 Å². The number of rotatable bonds is 6. The van der Waals surface area contributed by atoms with Crippen molar-refractivity contribution in [1.82, 2.24) is 5.32 Å². The zero-order valence-corrected chi connectivity index (χ0v) is 15.4. The van der Waals surface area contributed by atoms with Crippen molar-refractivity contribution in [3.05, 3.63) is 34.1 Å². The lowest BCUT2D eigenvalue weighted by Gasteiger charge is -2.13. The summed E-state index contributed by atoms with van der Waals surface area (Å²) >= 11 is 3.16. The van der Waals surface area contributed by atoms with Crippen LogP contribution in [0.25, 0.3) is 0 Å². The third-order valence-corrected chi connectivity index (χ3v) is 3.09. The molecule has 0 aliphatic rings. The van der Waals surface area contributed by atoms with E-state index in [1.807, 2.05) is 6.92 Å². The first kappa shape index (κ1) is 19.6. The van der Waals surface area contributed by atoms with Gasteiger partial charge in [0.25, 0.3) is 0 Å². The molecular weight excluding hydrogens is 440 g/mol. The van der Waals surface area contributed by atoms with E-state index in [0.717, 1.165) is 5.56 Å². The van der Waals surface area contributed by atoms with Gasteiger partial charge < -0.3 is 15.8 Å². The molecule has 0 radical (unpaired) electrons. The molecule has 0 aliphatic carbocycles. The van der Waals surface area contributed by atoms with Crippen molar-refractivity contribution < 1.29 is 9.13 Å². The highest BCUT2D eigenvalue weighted by Crippen LogP contribution is 2.17. The quantitative estimate of drug-likeness (QED) is 0.390. The zero-order valence-electron chi connectivity index (χ0n) is 11.5. The van der Waals surface area contributed by atoms with Gasteiger partial charge in [0.2, 0.25) is 0 Å². The van der Waals surface area contributed by atoms with Crippen molar-refractivity contribution >= 4 is 45.9 Å². The molecule has 0 aliphatic heterocycles. The highest BCUT2D eigenvalue weighted by molar-refractivity contribution is 14.0. The molecule has 0 amide bonds. The van der Waals surface area contributed by atoms with E-state index in [1.165, 1.54) is 6.07 Å². The second kappa shape index (κ2) is 10.3. The van der Waals surface area contributed by atoms with E-state index in [9.17, 15) is 4.39 Å². The average molecular weight is 460 g/mol. The molecule has 1 atom stereocenters. The van der Waals surface area contributed by atoms with Crippen LogP contribution in [0.1, 0.15) is 12.5 Å². The molecule has 3 N–H and O–H groups in total. The molecule has 114 valence electrons. The topological polar surface area (TPSA) is 59.6 Å². The molecule has 0 aromatic heterocycles. The minimum absolute atomic E-state index is 0. The Kier molecular flexibility index (Phi) is 10.1. The number of nitrogens with one attached hydrogen (secondary N) is 1. The molecule has 1 aromatic carbocycles. The molecule has 1 aromatic rings. The summed E-state index contributed by atoms with van der Waals surface area (Å²) in [5.41, 5.74) is 6.75. The maximum absolute atomic E-state index is 13.0. The molecule has 0 heterocycles. The standard InChI is InChI=1S/C13H19BrFN3O.HI/c1-9(8-19-2)18-13(16)17-6-5-10-3-4-12(15)11(14)7-10;/h3-4,7,9H,5-6,8H2,1-2H3,(H3,16,17,18);1H. The normalized spacial score (nSPS) is 12.7. The van der Waals surface area contributed by atoms with Crippen molar-refractivity contribution in [1.29, 1.82) is 0 Å². The van der Waals surface area contributed by atoms with Gasteiger partial charge in [-0.05, 0) is 47.0 Å². The van der Waals surface area contributed by atoms with Crippen molar-refractivity contribution in [2.24, 2.45) is 10.7 Å². The summed E-state index contributed by atoms with van der Waals surface area (Å²) in [6.07, 6.45) is 0.708. The van der Waals surface area contributed by atoms with Crippen molar-refractivity contribution in [3.8, 4) is 0 Å². The Hall–Kier alpha value is -0.410. The Morgan fingerprint density at radius 1 is 1.55 bits per heavy atom. The fourth-order valence-electron chi connectivity index (χ4n) is 1.59. The molecule has 1 unspecified atom stereocenters. The SMILES string of the molecule is COCC(C)NC(N)=NCCc1ccc(F)c(Br)c1.I. The molecule has 0 bridgehead atoms. The zero-order chi connectivity index (χ0) is 14.3. The van der Waals surface area contributed by atoms with E-state index in [1.54, 1.807) is 19.2 Å². The van der Waals surface area contributed by atoms with Crippen LogP contribution in [0.4, 0.5) is 4.39 Å². The molecule has 20 heavy (non-hydrogen) atoms. The molecule has 0 spiro atoms. The van der Waals surface area contributed by atoms with Crippen LogP contribution in [0.3, 0.4) is 0 Å². The van der Waals surface area contributed by atoms with E-state index < -0.39 is 0 Å². The maximum atomic E-state index is 13.0. The van der Waals surface area contributed by atoms with Gasteiger partial charge in [-0.25, -0.2) is 4.39 Å². The van der Waals surface area contributed by atoms with Crippen LogP contribution < -0.4 is 11.1 Å². The minimum Gasteiger partial charge on any atom is -0.383 e. The van der Waals surface area contributed by atoms with E-state index in [4.69, 9.17) is 10.5 Å². The predicted octanol–water partition coefficient (Wildman–Crippen LogP) is 2.69. The van der Waals surface area contributed by atoms with Crippen LogP contribution in [0, 0.1) is 5.82 Å². The first-order valence-electron chi connectivity index (χ1n) is 6.02. The fourth-order valence-corrected chi connectivity index (χ4v) is 2.02. The number of hydrogen-bond donors (Lipinski definition) is 2. The molecule has 1 rings (SSSR count). The molecule has 0 fully saturated rings. The third kappa shape index (κ3) is 7.39. The molecule has 7 heteroatoms. The fraction of sp³-hybridized carbons (Fsp3) is 0.462. The van der Waals surface area contributed by atoms with Gasteiger partial charge in [0.15, 0.2) is 5.96 Å². The van der Waals surface area contributed by atoms with E-state index in [2.05, 4.69) is 26.2 Å². The number of guanidine groups is 1. The number of ether oxygens (including phenoxy) is 1. The first-order valence-corrected chi connectivity index (χ1v) is 6.81. The number of nitrogens with zero attached hydrogens (tertiary/aromatic N) is 1. The molecule has 4 nitrogen and oxygen atoms in total. The van der Waals surface area contributed by atoms with Gasteiger partial charge in [-0.3, -0.25) is 4.99 Å². The summed E-state index contributed by atoms with van der Waals surface area (Å²) in [4.78, 5) is 4.21. The summed E-state index contributed by atoms with van der Waals surface area (Å²) in [6, 6.07) is 5.05. The van der Waals surface area contributed by atoms with Gasteiger partial charge >= 0.3 is 0 Å². The largest absolute Gasteiger partial charge is 0.383 e. The highest BCUT2D eigenvalue weighted by atomic mass is 127. The summed E-state index contributed by atoms with van der Waals surface area (Å²) in [5, 5.41) is 3.02. The Labute approximate surface area is 144 Å². The van der Waals surface area contributed by atoms with Crippen LogP contribution in [0.2, 0.25) is 0 Å². The number of nitrogens with two attached hydrogens (primary N) is 1. The predicted molar refractivity (Wildman–Crippen MR) is 94.2 cm³/mol. The lowest BCUT2D eigenvalue weighted by molar-refractivity contribution is 0.179. The monoisotopic (exact) mass is 459 g/mol. The lowest BCUT2D eigenvalue weighted by Crippen LogP contribution is -2.40. The number of halogens is 3. The van der Waals surface area contributed by atoms with Gasteiger partial charge in [0, 0.05) is 19.7 Å². The Bertz CT molecular complexity index is 446. The van der Waals surface area contributed by atoms with Crippen LogP contribution in [-0.2, 0) is 11.2 Å². The van der Waals surface area contributed by atoms with E-state index in [-0.39, 0.29) is 35.8 Å². The Morgan fingerprint density at radius 2 is 2.25 bits per heavy atom. The smallest absolute Gasteiger partial charge is 0.188 e.